The molecule has 0 saturated carbocycles. The largest absolute Gasteiger partial charge is 1.00 e. The van der Waals surface area contributed by atoms with E-state index in [0.717, 1.165) is 0 Å². The van der Waals surface area contributed by atoms with Crippen LogP contribution in [0.1, 0.15) is 7.85 Å². The first-order valence-electron chi connectivity index (χ1n) is 3.10. The maximum atomic E-state index is 10.6. The summed E-state index contributed by atoms with van der Waals surface area (Å²) in [5.41, 5.74) is 5.09. The van der Waals surface area contributed by atoms with Crippen LogP contribution in [0.4, 0.5) is 0 Å². The van der Waals surface area contributed by atoms with Crippen molar-refractivity contribution < 1.29 is 20.8 Å². The van der Waals surface area contributed by atoms with Gasteiger partial charge in [-0.15, -0.1) is 0 Å². The molecule has 0 heterocycles. The Balaban J connectivity index is -0.000000500. The molecule has 0 radical (unpaired) electrons. The highest BCUT2D eigenvalue weighted by atomic mass is 31.2. The Morgan fingerprint density at radius 3 is 2.42 bits per heavy atom. The molecular weight excluding hydrogens is 183 g/mol. The van der Waals surface area contributed by atoms with Crippen molar-refractivity contribution in [2.45, 2.75) is 12.5 Å². The molecule has 0 aliphatic rings. The van der Waals surface area contributed by atoms with Gasteiger partial charge in [0.1, 0.15) is 6.04 Å². The first-order valence-corrected chi connectivity index (χ1v) is 5.40. The van der Waals surface area contributed by atoms with Crippen LogP contribution < -0.4 is 11.9 Å². The van der Waals surface area contributed by atoms with Gasteiger partial charge in [-0.1, -0.05) is 0 Å². The number of nitrogens with two attached hydrogens (primary N) is 1. The van der Waals surface area contributed by atoms with Crippen molar-refractivity contribution in [3.8, 4) is 0 Å². The van der Waals surface area contributed by atoms with E-state index in [4.69, 9.17) is 15.7 Å². The van der Waals surface area contributed by atoms with Crippen LogP contribution in [0.5, 0.6) is 0 Å². The lowest BCUT2D eigenvalue weighted by Crippen LogP contribution is -2.30. The summed E-state index contributed by atoms with van der Waals surface area (Å²) >= 11 is 0. The Hall–Kier alpha value is -0.420. The molecule has 2 atom stereocenters. The van der Waals surface area contributed by atoms with Crippen molar-refractivity contribution in [1.29, 1.82) is 0 Å². The van der Waals surface area contributed by atoms with Gasteiger partial charge in [-0.25, -0.2) is 0 Å². The predicted octanol–water partition coefficient (Wildman–Crippen LogP) is -0.0369. The van der Waals surface area contributed by atoms with Gasteiger partial charge < -0.3 is 21.9 Å². The van der Waals surface area contributed by atoms with Gasteiger partial charge in [0.05, 0.1) is 0 Å². The summed E-state index contributed by atoms with van der Waals surface area (Å²) < 4.78 is 10.6. The maximum absolute atomic E-state index is 10.6. The average molecular weight is 199 g/mol. The van der Waals surface area contributed by atoms with Crippen LogP contribution in [-0.2, 0) is 9.36 Å². The normalized spacial score (nSPS) is 17.2. The van der Waals surface area contributed by atoms with E-state index in [9.17, 15) is 9.36 Å². The molecule has 0 rings (SSSR count). The van der Waals surface area contributed by atoms with E-state index in [-0.39, 0.29) is 20.2 Å². The van der Waals surface area contributed by atoms with E-state index in [0.29, 0.717) is 0 Å². The van der Waals surface area contributed by atoms with Gasteiger partial charge in [0, 0.05) is 12.8 Å². The molecule has 7 N–H and O–H groups in total. The third kappa shape index (κ3) is 7.68. The molecule has 0 aromatic rings. The Kier molecular flexibility index (Phi) is 6.20. The lowest BCUT2D eigenvalue weighted by Gasteiger charge is -2.07. The molecule has 0 bridgehead atoms. The van der Waals surface area contributed by atoms with Gasteiger partial charge in [-0.2, -0.15) is 0 Å². The van der Waals surface area contributed by atoms with Gasteiger partial charge >= 0.3 is 7.40 Å². The lowest BCUT2D eigenvalue weighted by molar-refractivity contribution is -0.138. The van der Waals surface area contributed by atoms with Crippen molar-refractivity contribution in [3.05, 3.63) is 0 Å². The summed E-state index contributed by atoms with van der Waals surface area (Å²) in [6, 6.07) is -1.03. The van der Waals surface area contributed by atoms with Crippen LogP contribution in [0.2, 0.25) is 0 Å². The van der Waals surface area contributed by atoms with Crippen LogP contribution >= 0.6 is 7.37 Å². The van der Waals surface area contributed by atoms with Crippen molar-refractivity contribution >= 4 is 13.3 Å². The molecule has 2 unspecified atom stereocenters. The Morgan fingerprint density at radius 2 is 2.17 bits per heavy atom. The van der Waals surface area contributed by atoms with Gasteiger partial charge in [0.25, 0.3) is 0 Å². The smallest absolute Gasteiger partial charge is 0.480 e. The lowest BCUT2D eigenvalue weighted by atomic mass is 10.2. The fourth-order valence-electron chi connectivity index (χ4n) is 0.502. The van der Waals surface area contributed by atoms with Crippen LogP contribution in [0.3, 0.4) is 0 Å². The van der Waals surface area contributed by atoms with Crippen molar-refractivity contribution in [3.63, 3.8) is 0 Å². The van der Waals surface area contributed by atoms with Crippen LogP contribution in [0, 0.1) is 0 Å². The van der Waals surface area contributed by atoms with Gasteiger partial charge in [-0.3, -0.25) is 9.36 Å². The number of rotatable bonds is 4. The molecule has 74 valence electrons. The zero-order valence-corrected chi connectivity index (χ0v) is 7.83. The van der Waals surface area contributed by atoms with E-state index < -0.39 is 19.4 Å². The van der Waals surface area contributed by atoms with Crippen LogP contribution in [0.25, 0.3) is 0 Å². The summed E-state index contributed by atoms with van der Waals surface area (Å²) in [4.78, 5) is 18.9. The van der Waals surface area contributed by atoms with Crippen molar-refractivity contribution in [2.24, 2.45) is 5.73 Å². The molecule has 0 amide bonds. The third-order valence-corrected chi connectivity index (χ3v) is 2.26. The number of hydrogen-bond acceptors (Lipinski definition) is 4. The van der Waals surface area contributed by atoms with E-state index >= 15 is 0 Å². The van der Waals surface area contributed by atoms with Crippen molar-refractivity contribution in [1.82, 2.24) is 6.15 Å². The van der Waals surface area contributed by atoms with E-state index in [1.54, 1.807) is 0 Å². The zero-order chi connectivity index (χ0) is 9.07. The number of aliphatic carboxylic acids is 1. The van der Waals surface area contributed by atoms with Crippen LogP contribution in [-0.4, -0.2) is 34.8 Å². The molecule has 6 nitrogen and oxygen atoms in total. The molecule has 12 heavy (non-hydrogen) atoms. The van der Waals surface area contributed by atoms with E-state index in [1.807, 2.05) is 0 Å². The minimum absolute atomic E-state index is 0. The minimum atomic E-state index is -3.10. The summed E-state index contributed by atoms with van der Waals surface area (Å²) in [7, 11) is -3.10. The molecule has 0 aliphatic heterocycles. The summed E-state index contributed by atoms with van der Waals surface area (Å²) in [5, 5.41) is 8.28. The summed E-state index contributed by atoms with van der Waals surface area (Å²) in [5.74, 6) is -1.14. The van der Waals surface area contributed by atoms with E-state index in [2.05, 4.69) is 0 Å². The second kappa shape index (κ2) is 5.27. The number of carbonyl (C=O) groups is 1. The first kappa shape index (κ1) is 14.1. The summed E-state index contributed by atoms with van der Waals surface area (Å²) in [6.07, 6.45) is 0.0000772. The highest BCUT2D eigenvalue weighted by Crippen LogP contribution is 2.35. The zero-order valence-electron chi connectivity index (χ0n) is 7.93. The standard InChI is InChI=1S/C5H12NO4P.H3N/c1-11(9,10)3-2-4(6)5(7)8;/h4H,2-3,6H2,1H3,(H,7,8)(H,9,10);1H3/p+1. The molecule has 0 aromatic carbocycles. The number of carboxylic acid groups (broad SMARTS) is 1. The molecule has 7 heteroatoms. The highest BCUT2D eigenvalue weighted by molar-refractivity contribution is 7.57. The van der Waals surface area contributed by atoms with E-state index in [1.165, 1.54) is 6.66 Å². The predicted molar refractivity (Wildman–Crippen MR) is 47.0 cm³/mol. The maximum Gasteiger partial charge on any atom is 1.00 e. The van der Waals surface area contributed by atoms with Crippen molar-refractivity contribution in [2.75, 3.05) is 12.8 Å². The number of carboxylic acids is 1. The fraction of sp³-hybridized carbons (Fsp3) is 0.800. The monoisotopic (exact) mass is 199 g/mol. The minimum Gasteiger partial charge on any atom is -0.480 e. The average Bonchev–Trinajstić information content (AvgIpc) is 1.80. The highest BCUT2D eigenvalue weighted by Gasteiger charge is 2.16. The SMILES string of the molecule is CP(=O)(O)CCC(N)C(=O)O.N.[H+]. The number of hydrogen-bond donors (Lipinski definition) is 4. The molecule has 0 fully saturated rings. The second-order valence-corrected chi connectivity index (χ2v) is 5.06. The molecule has 0 saturated heterocycles. The molecule has 0 aliphatic carbocycles. The second-order valence-electron chi connectivity index (χ2n) is 2.51. The van der Waals surface area contributed by atoms with Gasteiger partial charge in [-0.05, 0) is 6.42 Å². The molecule has 0 aromatic heterocycles. The Morgan fingerprint density at radius 1 is 1.75 bits per heavy atom. The first-order chi connectivity index (χ1) is 4.83. The third-order valence-electron chi connectivity index (χ3n) is 1.17. The van der Waals surface area contributed by atoms with Gasteiger partial charge in [0.15, 0.2) is 7.37 Å². The topological polar surface area (TPSA) is 136 Å². The summed E-state index contributed by atoms with van der Waals surface area (Å²) in [6.45, 7) is 1.18. The molecular formula is C5H16N2O4P+. The quantitative estimate of drug-likeness (QED) is 0.469. The Labute approximate surface area is 72.3 Å². The van der Waals surface area contributed by atoms with Crippen LogP contribution in [0.15, 0.2) is 0 Å². The molecule has 0 spiro atoms. The van der Waals surface area contributed by atoms with Gasteiger partial charge in [0.2, 0.25) is 0 Å². The fourth-order valence-corrected chi connectivity index (χ4v) is 1.26. The Bertz CT molecular complexity index is 195.